The van der Waals surface area contributed by atoms with Gasteiger partial charge in [0.2, 0.25) is 0 Å². The normalized spacial score (nSPS) is 17.7. The number of piperazine rings is 1. The number of thiocarbonyl (C=S) groups is 1. The fraction of sp³-hybridized carbons (Fsp3) is 0.348. The van der Waals surface area contributed by atoms with E-state index in [9.17, 15) is 14.4 Å². The van der Waals surface area contributed by atoms with Crippen molar-refractivity contribution in [3.63, 3.8) is 0 Å². The summed E-state index contributed by atoms with van der Waals surface area (Å²) in [6.07, 6.45) is 4.51. The van der Waals surface area contributed by atoms with Gasteiger partial charge in [0.15, 0.2) is 0 Å². The van der Waals surface area contributed by atoms with Gasteiger partial charge in [-0.2, -0.15) is 0 Å². The van der Waals surface area contributed by atoms with E-state index in [2.05, 4.69) is 6.58 Å². The van der Waals surface area contributed by atoms with E-state index >= 15 is 0 Å². The predicted molar refractivity (Wildman–Crippen MR) is 137 cm³/mol. The maximum absolute atomic E-state index is 13.6. The predicted octanol–water partition coefficient (Wildman–Crippen LogP) is 2.67. The summed E-state index contributed by atoms with van der Waals surface area (Å²) in [4.78, 5) is 48.8. The second-order valence-electron chi connectivity index (χ2n) is 7.79. The minimum atomic E-state index is -0.351. The van der Waals surface area contributed by atoms with E-state index in [1.54, 1.807) is 36.2 Å². The van der Waals surface area contributed by atoms with Crippen LogP contribution in [-0.2, 0) is 9.53 Å². The minimum Gasteiger partial charge on any atom is -0.450 e. The van der Waals surface area contributed by atoms with Gasteiger partial charge in [-0.15, -0.1) is 6.58 Å². The zero-order chi connectivity index (χ0) is 24.4. The molecule has 0 aromatic carbocycles. The molecule has 0 aliphatic carbocycles. The number of carbonyl (C=O) groups excluding carboxylic acids is 2. The van der Waals surface area contributed by atoms with Gasteiger partial charge in [0, 0.05) is 38.9 Å². The first-order chi connectivity index (χ1) is 16.3. The molecule has 0 unspecified atom stereocenters. The second-order valence-corrected chi connectivity index (χ2v) is 9.47. The van der Waals surface area contributed by atoms with Crippen LogP contribution in [0.15, 0.2) is 40.7 Å². The number of amides is 2. The van der Waals surface area contributed by atoms with Crippen molar-refractivity contribution < 1.29 is 14.3 Å². The Labute approximate surface area is 206 Å². The van der Waals surface area contributed by atoms with Crippen LogP contribution in [0.5, 0.6) is 0 Å². The van der Waals surface area contributed by atoms with E-state index in [4.69, 9.17) is 21.9 Å². The van der Waals surface area contributed by atoms with Crippen LogP contribution in [0.25, 0.3) is 11.7 Å². The first-order valence-corrected chi connectivity index (χ1v) is 12.1. The quantitative estimate of drug-likeness (QED) is 0.353. The number of nitrogens with zero attached hydrogens (tertiary/aromatic N) is 5. The third kappa shape index (κ3) is 4.45. The fourth-order valence-corrected chi connectivity index (χ4v) is 5.16. The molecule has 2 aromatic heterocycles. The third-order valence-corrected chi connectivity index (χ3v) is 7.01. The molecule has 9 nitrogen and oxygen atoms in total. The van der Waals surface area contributed by atoms with Gasteiger partial charge in [-0.05, 0) is 31.6 Å². The molecule has 4 rings (SSSR count). The average Bonchev–Trinajstić information content (AvgIpc) is 3.09. The number of aromatic nitrogens is 2. The van der Waals surface area contributed by atoms with Gasteiger partial charge in [0.1, 0.15) is 15.8 Å². The number of aryl methyl sites for hydroxylation is 1. The maximum Gasteiger partial charge on any atom is 0.409 e. The van der Waals surface area contributed by atoms with Crippen molar-refractivity contribution >= 4 is 57.8 Å². The number of thioether (sulfide) groups is 1. The summed E-state index contributed by atoms with van der Waals surface area (Å²) in [6, 6.07) is 3.68. The molecular weight excluding hydrogens is 474 g/mol. The molecule has 0 radical (unpaired) electrons. The molecule has 11 heteroatoms. The fourth-order valence-electron chi connectivity index (χ4n) is 3.90. The Hall–Kier alpha value is -3.18. The Bertz CT molecular complexity index is 1260. The highest BCUT2D eigenvalue weighted by Crippen LogP contribution is 2.33. The molecule has 0 saturated carbocycles. The number of fused-ring (bicyclic) bond motifs is 1. The number of anilines is 1. The lowest BCUT2D eigenvalue weighted by Gasteiger charge is -2.35. The van der Waals surface area contributed by atoms with E-state index in [-0.39, 0.29) is 17.6 Å². The Kier molecular flexibility index (Phi) is 7.03. The molecule has 4 heterocycles. The topological polar surface area (TPSA) is 87.5 Å². The highest BCUT2D eigenvalue weighted by molar-refractivity contribution is 8.26. The molecule has 2 saturated heterocycles. The zero-order valence-electron chi connectivity index (χ0n) is 19.0. The molecular formula is C23H25N5O4S2. The summed E-state index contributed by atoms with van der Waals surface area (Å²) in [5.41, 5.74) is 1.44. The molecule has 2 aromatic rings. The number of carbonyl (C=O) groups is 2. The molecule has 0 bridgehead atoms. The SMILES string of the molecule is C=CCN1C(=O)C(=Cc2c(N3CCN(C(=O)OCC)CC3)nc3c(C)cccn3c2=O)SC1=S. The summed E-state index contributed by atoms with van der Waals surface area (Å²) in [6.45, 7) is 9.79. The Morgan fingerprint density at radius 1 is 1.29 bits per heavy atom. The lowest BCUT2D eigenvalue weighted by atomic mass is 10.2. The molecule has 2 aliphatic heterocycles. The van der Waals surface area contributed by atoms with Crippen LogP contribution < -0.4 is 10.5 Å². The highest BCUT2D eigenvalue weighted by atomic mass is 32.2. The van der Waals surface area contributed by atoms with E-state index in [0.29, 0.717) is 65.6 Å². The third-order valence-electron chi connectivity index (χ3n) is 5.63. The molecule has 0 N–H and O–H groups in total. The molecule has 2 aliphatic rings. The number of hydrogen-bond acceptors (Lipinski definition) is 8. The van der Waals surface area contributed by atoms with Gasteiger partial charge >= 0.3 is 6.09 Å². The summed E-state index contributed by atoms with van der Waals surface area (Å²) >= 11 is 6.50. The summed E-state index contributed by atoms with van der Waals surface area (Å²) in [7, 11) is 0. The van der Waals surface area contributed by atoms with Crippen molar-refractivity contribution in [2.45, 2.75) is 13.8 Å². The van der Waals surface area contributed by atoms with Crippen LogP contribution in [0.1, 0.15) is 18.1 Å². The highest BCUT2D eigenvalue weighted by Gasteiger charge is 2.32. The first-order valence-electron chi connectivity index (χ1n) is 10.9. The van der Waals surface area contributed by atoms with Crippen molar-refractivity contribution in [1.82, 2.24) is 19.2 Å². The van der Waals surface area contributed by atoms with E-state index in [1.165, 1.54) is 9.30 Å². The van der Waals surface area contributed by atoms with Crippen LogP contribution in [0, 0.1) is 6.92 Å². The van der Waals surface area contributed by atoms with Crippen molar-refractivity contribution in [1.29, 1.82) is 0 Å². The smallest absolute Gasteiger partial charge is 0.409 e. The standard InChI is InChI=1S/C23H25N5O4S2/c1-4-8-28-21(30)17(34-23(28)33)14-16-19(24-18-15(3)7-6-9-27(18)20(16)29)25-10-12-26(13-11-25)22(31)32-5-2/h4,6-7,9,14H,1,5,8,10-13H2,2-3H3. The van der Waals surface area contributed by atoms with Crippen LogP contribution >= 0.6 is 24.0 Å². The Morgan fingerprint density at radius 3 is 2.71 bits per heavy atom. The molecule has 2 fully saturated rings. The monoisotopic (exact) mass is 499 g/mol. The van der Waals surface area contributed by atoms with Crippen LogP contribution in [0.2, 0.25) is 0 Å². The van der Waals surface area contributed by atoms with E-state index < -0.39 is 0 Å². The molecule has 178 valence electrons. The van der Waals surface area contributed by atoms with Gasteiger partial charge in [-0.25, -0.2) is 9.78 Å². The lowest BCUT2D eigenvalue weighted by molar-refractivity contribution is -0.121. The Balaban J connectivity index is 1.77. The van der Waals surface area contributed by atoms with E-state index in [0.717, 1.165) is 17.3 Å². The molecule has 0 atom stereocenters. The van der Waals surface area contributed by atoms with Crippen molar-refractivity contribution in [3.8, 4) is 0 Å². The number of hydrogen-bond donors (Lipinski definition) is 0. The van der Waals surface area contributed by atoms with Crippen molar-refractivity contribution in [2.24, 2.45) is 0 Å². The Morgan fingerprint density at radius 2 is 2.03 bits per heavy atom. The first kappa shape index (κ1) is 24.0. The van der Waals surface area contributed by atoms with E-state index in [1.807, 2.05) is 17.9 Å². The largest absolute Gasteiger partial charge is 0.450 e. The van der Waals surface area contributed by atoms with Gasteiger partial charge < -0.3 is 14.5 Å². The van der Waals surface area contributed by atoms with Crippen LogP contribution in [0.4, 0.5) is 10.6 Å². The zero-order valence-corrected chi connectivity index (χ0v) is 20.7. The molecule has 0 spiro atoms. The van der Waals surface area contributed by atoms with Gasteiger partial charge in [-0.3, -0.25) is 18.9 Å². The van der Waals surface area contributed by atoms with Gasteiger partial charge in [-0.1, -0.05) is 36.1 Å². The number of rotatable bonds is 5. The van der Waals surface area contributed by atoms with Gasteiger partial charge in [0.25, 0.3) is 11.5 Å². The summed E-state index contributed by atoms with van der Waals surface area (Å²) in [5, 5.41) is 0. The second kappa shape index (κ2) is 9.98. The van der Waals surface area contributed by atoms with Crippen LogP contribution in [-0.4, -0.2) is 74.8 Å². The molecule has 34 heavy (non-hydrogen) atoms. The molecule has 2 amide bonds. The lowest BCUT2D eigenvalue weighted by Crippen LogP contribution is -2.49. The number of ether oxygens (including phenoxy) is 1. The van der Waals surface area contributed by atoms with Crippen molar-refractivity contribution in [3.05, 3.63) is 57.4 Å². The number of pyridine rings is 1. The van der Waals surface area contributed by atoms with Crippen molar-refractivity contribution in [2.75, 3.05) is 44.2 Å². The average molecular weight is 500 g/mol. The van der Waals surface area contributed by atoms with Gasteiger partial charge in [0.05, 0.1) is 17.1 Å². The summed E-state index contributed by atoms with van der Waals surface area (Å²) < 4.78 is 7.02. The van der Waals surface area contributed by atoms with Crippen LogP contribution in [0.3, 0.4) is 0 Å². The maximum atomic E-state index is 13.6. The summed E-state index contributed by atoms with van der Waals surface area (Å²) in [5.74, 6) is 0.221. The minimum absolute atomic E-state index is 0.262.